The molecule has 0 radical (unpaired) electrons. The predicted octanol–water partition coefficient (Wildman–Crippen LogP) is 1.76. The van der Waals surface area contributed by atoms with Crippen molar-refractivity contribution in [3.05, 3.63) is 34.9 Å². The van der Waals surface area contributed by atoms with E-state index in [9.17, 15) is 4.79 Å². The van der Waals surface area contributed by atoms with Crippen LogP contribution >= 0.6 is 11.6 Å². The van der Waals surface area contributed by atoms with E-state index in [1.54, 1.807) is 19.0 Å². The molecule has 1 fully saturated rings. The Labute approximate surface area is 125 Å². The number of hydrogen-bond acceptors (Lipinski definition) is 3. The lowest BCUT2D eigenvalue weighted by Crippen LogP contribution is -2.58. The maximum atomic E-state index is 12.3. The van der Waals surface area contributed by atoms with Gasteiger partial charge in [0.05, 0.1) is 0 Å². The first-order valence-electron chi connectivity index (χ1n) is 6.94. The van der Waals surface area contributed by atoms with E-state index < -0.39 is 0 Å². The highest BCUT2D eigenvalue weighted by atomic mass is 35.5. The highest BCUT2D eigenvalue weighted by Gasteiger charge is 2.33. The molecule has 0 spiro atoms. The van der Waals surface area contributed by atoms with Crippen molar-refractivity contribution in [2.24, 2.45) is 0 Å². The normalized spacial score (nSPS) is 21.5. The number of halogens is 1. The maximum absolute atomic E-state index is 12.3. The standard InChI is InChI=1S/C15H22ClN3O/c1-11(12-6-4-5-7-13(12)16)19-9-8-17-10-14(19)15(20)18(2)3/h4-7,11,14,17H,8-10H2,1-3H3. The summed E-state index contributed by atoms with van der Waals surface area (Å²) in [5.74, 6) is 0.135. The van der Waals surface area contributed by atoms with Crippen LogP contribution < -0.4 is 5.32 Å². The Bertz CT molecular complexity index is 478. The number of carbonyl (C=O) groups excluding carboxylic acids is 1. The topological polar surface area (TPSA) is 35.6 Å². The van der Waals surface area contributed by atoms with Gasteiger partial charge in [0.15, 0.2) is 0 Å². The Kier molecular flexibility index (Phi) is 5.02. The second-order valence-electron chi connectivity index (χ2n) is 5.39. The molecule has 0 bridgehead atoms. The monoisotopic (exact) mass is 295 g/mol. The molecular weight excluding hydrogens is 274 g/mol. The summed E-state index contributed by atoms with van der Waals surface area (Å²) >= 11 is 6.29. The van der Waals surface area contributed by atoms with E-state index >= 15 is 0 Å². The Morgan fingerprint density at radius 2 is 2.15 bits per heavy atom. The SMILES string of the molecule is CC(c1ccccc1Cl)N1CCNCC1C(=O)N(C)C. The minimum absolute atomic E-state index is 0.125. The first-order valence-corrected chi connectivity index (χ1v) is 7.32. The van der Waals surface area contributed by atoms with Crippen LogP contribution in [0.1, 0.15) is 18.5 Å². The van der Waals surface area contributed by atoms with Crippen LogP contribution in [0.5, 0.6) is 0 Å². The molecule has 1 aliphatic heterocycles. The van der Waals surface area contributed by atoms with Gasteiger partial charge in [-0.3, -0.25) is 9.69 Å². The third-order valence-electron chi connectivity index (χ3n) is 3.86. The molecule has 2 atom stereocenters. The zero-order valence-corrected chi connectivity index (χ0v) is 13.0. The summed E-state index contributed by atoms with van der Waals surface area (Å²) in [6.07, 6.45) is 0. The lowest BCUT2D eigenvalue weighted by Gasteiger charge is -2.40. The number of amides is 1. The van der Waals surface area contributed by atoms with Crippen molar-refractivity contribution in [2.75, 3.05) is 33.7 Å². The molecule has 20 heavy (non-hydrogen) atoms. The maximum Gasteiger partial charge on any atom is 0.240 e. The van der Waals surface area contributed by atoms with Crippen molar-refractivity contribution < 1.29 is 4.79 Å². The van der Waals surface area contributed by atoms with E-state index in [4.69, 9.17) is 11.6 Å². The van der Waals surface area contributed by atoms with Crippen molar-refractivity contribution >= 4 is 17.5 Å². The molecule has 1 aromatic rings. The van der Waals surface area contributed by atoms with E-state index in [1.807, 2.05) is 24.3 Å². The summed E-state index contributed by atoms with van der Waals surface area (Å²) in [6, 6.07) is 7.84. The molecule has 2 unspecified atom stereocenters. The van der Waals surface area contributed by atoms with Gasteiger partial charge < -0.3 is 10.2 Å². The summed E-state index contributed by atoms with van der Waals surface area (Å²) in [7, 11) is 3.60. The summed E-state index contributed by atoms with van der Waals surface area (Å²) in [5, 5.41) is 4.06. The Balaban J connectivity index is 2.24. The molecule has 0 aliphatic carbocycles. The number of likely N-dealkylation sites (N-methyl/N-ethyl adjacent to an activating group) is 1. The van der Waals surface area contributed by atoms with Gasteiger partial charge in [0.1, 0.15) is 6.04 Å². The molecule has 4 nitrogen and oxygen atoms in total. The van der Waals surface area contributed by atoms with Gasteiger partial charge in [-0.1, -0.05) is 29.8 Å². The molecule has 1 heterocycles. The van der Waals surface area contributed by atoms with Crippen molar-refractivity contribution in [2.45, 2.75) is 19.0 Å². The van der Waals surface area contributed by atoms with Gasteiger partial charge >= 0.3 is 0 Å². The van der Waals surface area contributed by atoms with Crippen LogP contribution in [-0.4, -0.2) is 55.5 Å². The lowest BCUT2D eigenvalue weighted by atomic mass is 10.0. The van der Waals surface area contributed by atoms with Crippen LogP contribution in [0.15, 0.2) is 24.3 Å². The molecule has 0 saturated carbocycles. The van der Waals surface area contributed by atoms with E-state index in [0.717, 1.165) is 23.7 Å². The van der Waals surface area contributed by atoms with Crippen LogP contribution in [0.2, 0.25) is 5.02 Å². The van der Waals surface area contributed by atoms with Gasteiger partial charge in [0.2, 0.25) is 5.91 Å². The molecule has 1 saturated heterocycles. The van der Waals surface area contributed by atoms with Crippen LogP contribution in [0.4, 0.5) is 0 Å². The quantitative estimate of drug-likeness (QED) is 0.923. The van der Waals surface area contributed by atoms with E-state index in [-0.39, 0.29) is 18.0 Å². The van der Waals surface area contributed by atoms with Crippen molar-refractivity contribution in [1.29, 1.82) is 0 Å². The van der Waals surface area contributed by atoms with Crippen LogP contribution in [0, 0.1) is 0 Å². The number of hydrogen-bond donors (Lipinski definition) is 1. The predicted molar refractivity (Wildman–Crippen MR) is 81.9 cm³/mol. The van der Waals surface area contributed by atoms with Crippen LogP contribution in [0.3, 0.4) is 0 Å². The minimum Gasteiger partial charge on any atom is -0.347 e. The van der Waals surface area contributed by atoms with E-state index in [1.165, 1.54) is 0 Å². The zero-order valence-electron chi connectivity index (χ0n) is 12.3. The first-order chi connectivity index (χ1) is 9.52. The number of benzene rings is 1. The van der Waals surface area contributed by atoms with Gasteiger partial charge in [0, 0.05) is 44.8 Å². The van der Waals surface area contributed by atoms with E-state index in [2.05, 4.69) is 17.1 Å². The molecule has 2 rings (SSSR count). The van der Waals surface area contributed by atoms with Crippen LogP contribution in [0.25, 0.3) is 0 Å². The summed E-state index contributed by atoms with van der Waals surface area (Å²) in [6.45, 7) is 4.54. The first kappa shape index (κ1) is 15.3. The Hall–Kier alpha value is -1.10. The second kappa shape index (κ2) is 6.57. The Morgan fingerprint density at radius 1 is 1.45 bits per heavy atom. The summed E-state index contributed by atoms with van der Waals surface area (Å²) < 4.78 is 0. The number of nitrogens with zero attached hydrogens (tertiary/aromatic N) is 2. The second-order valence-corrected chi connectivity index (χ2v) is 5.80. The summed E-state index contributed by atoms with van der Waals surface area (Å²) in [4.78, 5) is 16.2. The molecule has 5 heteroatoms. The minimum atomic E-state index is -0.134. The smallest absolute Gasteiger partial charge is 0.240 e. The molecule has 1 amide bonds. The highest BCUT2D eigenvalue weighted by Crippen LogP contribution is 2.29. The number of nitrogens with one attached hydrogen (secondary N) is 1. The molecular formula is C15H22ClN3O. The number of piperazine rings is 1. The highest BCUT2D eigenvalue weighted by molar-refractivity contribution is 6.31. The average molecular weight is 296 g/mol. The largest absolute Gasteiger partial charge is 0.347 e. The van der Waals surface area contributed by atoms with Crippen molar-refractivity contribution in [3.8, 4) is 0 Å². The number of carbonyl (C=O) groups is 1. The fraction of sp³-hybridized carbons (Fsp3) is 0.533. The lowest BCUT2D eigenvalue weighted by molar-refractivity contribution is -0.136. The van der Waals surface area contributed by atoms with Gasteiger partial charge in [-0.2, -0.15) is 0 Å². The van der Waals surface area contributed by atoms with Gasteiger partial charge in [-0.25, -0.2) is 0 Å². The fourth-order valence-electron chi connectivity index (χ4n) is 2.70. The van der Waals surface area contributed by atoms with Gasteiger partial charge in [-0.15, -0.1) is 0 Å². The molecule has 1 N–H and O–H groups in total. The van der Waals surface area contributed by atoms with Gasteiger partial charge in [-0.05, 0) is 18.6 Å². The zero-order chi connectivity index (χ0) is 14.7. The van der Waals surface area contributed by atoms with Crippen molar-refractivity contribution in [3.63, 3.8) is 0 Å². The molecule has 0 aromatic heterocycles. The summed E-state index contributed by atoms with van der Waals surface area (Å²) in [5.41, 5.74) is 1.08. The molecule has 110 valence electrons. The van der Waals surface area contributed by atoms with E-state index in [0.29, 0.717) is 6.54 Å². The Morgan fingerprint density at radius 3 is 2.80 bits per heavy atom. The van der Waals surface area contributed by atoms with Crippen molar-refractivity contribution in [1.82, 2.24) is 15.1 Å². The van der Waals surface area contributed by atoms with Crippen LogP contribution in [-0.2, 0) is 4.79 Å². The number of rotatable bonds is 3. The third kappa shape index (κ3) is 3.14. The third-order valence-corrected chi connectivity index (χ3v) is 4.21. The van der Waals surface area contributed by atoms with Gasteiger partial charge in [0.25, 0.3) is 0 Å². The average Bonchev–Trinajstić information content (AvgIpc) is 2.46. The fourth-order valence-corrected chi connectivity index (χ4v) is 3.00. The molecule has 1 aliphatic rings. The molecule has 1 aromatic carbocycles.